The summed E-state index contributed by atoms with van der Waals surface area (Å²) < 4.78 is 36.7. The number of rotatable bonds is 16. The average Bonchev–Trinajstić information content (AvgIpc) is 3.33. The summed E-state index contributed by atoms with van der Waals surface area (Å²) in [5, 5.41) is 36.2. The molecule has 8 unspecified atom stereocenters. The molecule has 0 aromatic heterocycles. The lowest BCUT2D eigenvalue weighted by molar-refractivity contribution is -0.234. The van der Waals surface area contributed by atoms with E-state index >= 15 is 0 Å². The smallest absolute Gasteiger partial charge is 0.397 e. The van der Waals surface area contributed by atoms with Crippen molar-refractivity contribution >= 4 is 10.4 Å². The minimum atomic E-state index is -4.79. The maximum absolute atomic E-state index is 11.4. The van der Waals surface area contributed by atoms with E-state index in [-0.39, 0.29) is 11.8 Å². The van der Waals surface area contributed by atoms with Gasteiger partial charge < -0.3 is 31.7 Å². The van der Waals surface area contributed by atoms with E-state index in [2.05, 4.69) is 24.5 Å². The number of hydrogen-bond acceptors (Lipinski definition) is 9. The van der Waals surface area contributed by atoms with Gasteiger partial charge in [-0.25, -0.2) is 4.18 Å². The Morgan fingerprint density at radius 3 is 2.24 bits per heavy atom. The zero-order chi connectivity index (χ0) is 33.5. The summed E-state index contributed by atoms with van der Waals surface area (Å²) in [7, 11) is -3.79. The number of aliphatic hydroxyl groups is 3. The number of nitrogens with two attached hydrogens (primary N) is 1. The number of unbranched alkanes of at least 4 members (excludes halogenated alkanes) is 1. The third-order valence-corrected chi connectivity index (χ3v) is 13.2. The van der Waals surface area contributed by atoms with Crippen LogP contribution in [0.4, 0.5) is 0 Å². The van der Waals surface area contributed by atoms with Crippen molar-refractivity contribution in [2.75, 3.05) is 33.3 Å². The minimum Gasteiger partial charge on any atom is -0.400 e. The maximum Gasteiger partial charge on any atom is 0.397 e. The van der Waals surface area contributed by atoms with Crippen molar-refractivity contribution in [1.29, 1.82) is 0 Å². The standard InChI is InChI=1S/C33H63N3O6S.CH4O/c1-23(2)30(42-43(39,40)41)33(37,38)17-12-24-9-11-28-27-10-8-25-22-26(36-21-7-20-35-19-6-5-18-34)13-15-32(25,4)29(27)14-16-31(24,28)3;1-2/h23-30,35-38H,5-22,34H2,1-4H3,(H,39,40,41);2H,1H3/t24?,25-,26?,27?,28?,29?,30?,31?,32?;/m0./s1. The van der Waals surface area contributed by atoms with E-state index in [0.29, 0.717) is 29.7 Å². The van der Waals surface area contributed by atoms with Gasteiger partial charge >= 0.3 is 10.4 Å². The van der Waals surface area contributed by atoms with Gasteiger partial charge in [0, 0.05) is 19.6 Å². The summed E-state index contributed by atoms with van der Waals surface area (Å²) >= 11 is 0. The van der Waals surface area contributed by atoms with E-state index in [1.807, 2.05) is 0 Å². The van der Waals surface area contributed by atoms with Gasteiger partial charge in [0.05, 0.1) is 0 Å². The van der Waals surface area contributed by atoms with Crippen LogP contribution in [0.15, 0.2) is 0 Å². The molecular weight excluding hydrogens is 594 g/mol. The second-order valence-electron chi connectivity index (χ2n) is 15.6. The highest BCUT2D eigenvalue weighted by molar-refractivity contribution is 7.80. The predicted molar refractivity (Wildman–Crippen MR) is 179 cm³/mol. The molecule has 0 aliphatic heterocycles. The third-order valence-electron chi connectivity index (χ3n) is 12.8. The van der Waals surface area contributed by atoms with E-state index in [9.17, 15) is 23.2 Å². The van der Waals surface area contributed by atoms with Gasteiger partial charge in [-0.3, -0.25) is 4.55 Å². The highest BCUT2D eigenvalue weighted by Crippen LogP contribution is 2.68. The van der Waals surface area contributed by atoms with Gasteiger partial charge in [-0.05, 0) is 156 Å². The van der Waals surface area contributed by atoms with Crippen molar-refractivity contribution in [3.63, 3.8) is 0 Å². The molecule has 4 aliphatic carbocycles. The van der Waals surface area contributed by atoms with Crippen molar-refractivity contribution in [1.82, 2.24) is 10.6 Å². The molecule has 0 heterocycles. The average molecular weight is 662 g/mol. The Hall–Kier alpha value is -0.370. The molecule has 9 atom stereocenters. The zero-order valence-corrected chi connectivity index (χ0v) is 29.7. The van der Waals surface area contributed by atoms with Crippen LogP contribution < -0.4 is 16.4 Å². The fourth-order valence-corrected chi connectivity index (χ4v) is 11.1. The topological polar surface area (TPSA) is 174 Å². The molecule has 4 saturated carbocycles. The lowest BCUT2D eigenvalue weighted by Gasteiger charge is -2.61. The van der Waals surface area contributed by atoms with Crippen molar-refractivity contribution in [2.24, 2.45) is 52.1 Å². The second-order valence-corrected chi connectivity index (χ2v) is 16.7. The van der Waals surface area contributed by atoms with Crippen molar-refractivity contribution < 1.29 is 32.5 Å². The largest absolute Gasteiger partial charge is 0.400 e. The SMILES string of the molecule is CC(C)C(OS(=O)(=O)O)C(O)(O)CCC1CCC2C3CC[C@H]4CC(NCCCNCCCCN)CCC4(C)C3CCC12C.CO. The van der Waals surface area contributed by atoms with Crippen molar-refractivity contribution in [3.05, 3.63) is 0 Å². The molecule has 11 heteroatoms. The van der Waals surface area contributed by atoms with E-state index in [0.717, 1.165) is 70.3 Å². The molecule has 0 saturated heterocycles. The van der Waals surface area contributed by atoms with E-state index in [1.54, 1.807) is 13.8 Å². The van der Waals surface area contributed by atoms with Gasteiger partial charge in [0.15, 0.2) is 5.79 Å². The van der Waals surface area contributed by atoms with Crippen LogP contribution in [0.3, 0.4) is 0 Å². The molecule has 0 radical (unpaired) electrons. The van der Waals surface area contributed by atoms with Crippen LogP contribution in [0.5, 0.6) is 0 Å². The first kappa shape index (κ1) is 39.1. The fraction of sp³-hybridized carbons (Fsp3) is 1.00. The summed E-state index contributed by atoms with van der Waals surface area (Å²) in [4.78, 5) is 0. The molecule has 4 aliphatic rings. The molecule has 0 aromatic carbocycles. The van der Waals surface area contributed by atoms with Crippen LogP contribution >= 0.6 is 0 Å². The highest BCUT2D eigenvalue weighted by Gasteiger charge is 2.60. The lowest BCUT2D eigenvalue weighted by Crippen LogP contribution is -2.55. The normalized spacial score (nSPS) is 35.6. The maximum atomic E-state index is 11.4. The predicted octanol–water partition coefficient (Wildman–Crippen LogP) is 4.24. The molecule has 266 valence electrons. The first-order valence-corrected chi connectivity index (χ1v) is 19.3. The molecular formula is C34H67N3O7S. The molecule has 45 heavy (non-hydrogen) atoms. The number of nitrogens with one attached hydrogen (secondary N) is 2. The molecule has 0 amide bonds. The zero-order valence-electron chi connectivity index (χ0n) is 28.8. The van der Waals surface area contributed by atoms with Gasteiger partial charge in [-0.15, -0.1) is 0 Å². The van der Waals surface area contributed by atoms with Crippen LogP contribution in [0.2, 0.25) is 0 Å². The Labute approximate surface area is 274 Å². The third kappa shape index (κ3) is 9.63. The van der Waals surface area contributed by atoms with Gasteiger partial charge in [0.25, 0.3) is 0 Å². The van der Waals surface area contributed by atoms with Crippen LogP contribution in [0.25, 0.3) is 0 Å². The second kappa shape index (κ2) is 16.8. The molecule has 8 N–H and O–H groups in total. The molecule has 0 aromatic rings. The number of fused-ring (bicyclic) bond motifs is 5. The van der Waals surface area contributed by atoms with Crippen LogP contribution in [-0.4, -0.2) is 79.5 Å². The summed E-state index contributed by atoms with van der Waals surface area (Å²) in [6.07, 6.45) is 14.0. The van der Waals surface area contributed by atoms with Crippen molar-refractivity contribution in [3.8, 4) is 0 Å². The molecule has 10 nitrogen and oxygen atoms in total. The van der Waals surface area contributed by atoms with Crippen LogP contribution in [-0.2, 0) is 14.6 Å². The first-order chi connectivity index (χ1) is 21.2. The molecule has 0 bridgehead atoms. The van der Waals surface area contributed by atoms with Crippen LogP contribution in [0.1, 0.15) is 118 Å². The number of aliphatic hydroxyl groups excluding tert-OH is 1. The Balaban J connectivity index is 0.00000271. The lowest BCUT2D eigenvalue weighted by atomic mass is 9.44. The first-order valence-electron chi connectivity index (χ1n) is 17.9. The Kier molecular flexibility index (Phi) is 14.6. The Morgan fingerprint density at radius 2 is 1.58 bits per heavy atom. The minimum absolute atomic E-state index is 0.0327. The van der Waals surface area contributed by atoms with Gasteiger partial charge in [-0.2, -0.15) is 8.42 Å². The van der Waals surface area contributed by atoms with Gasteiger partial charge in [-0.1, -0.05) is 27.7 Å². The number of hydrogen-bond donors (Lipinski definition) is 7. The van der Waals surface area contributed by atoms with Gasteiger partial charge in [0.1, 0.15) is 6.10 Å². The Morgan fingerprint density at radius 1 is 0.911 bits per heavy atom. The van der Waals surface area contributed by atoms with Crippen molar-refractivity contribution in [2.45, 2.75) is 136 Å². The summed E-state index contributed by atoms with van der Waals surface area (Å²) in [5.41, 5.74) is 6.18. The van der Waals surface area contributed by atoms with Gasteiger partial charge in [0.2, 0.25) is 0 Å². The highest BCUT2D eigenvalue weighted by atomic mass is 32.3. The Bertz CT molecular complexity index is 998. The molecule has 0 spiro atoms. The summed E-state index contributed by atoms with van der Waals surface area (Å²) in [5.74, 6) is 0.559. The summed E-state index contributed by atoms with van der Waals surface area (Å²) in [6, 6.07) is 0.647. The molecule has 4 fully saturated rings. The quantitative estimate of drug-likeness (QED) is 0.0720. The van der Waals surface area contributed by atoms with E-state index in [1.165, 1.54) is 57.8 Å². The summed E-state index contributed by atoms with van der Waals surface area (Å²) in [6.45, 7) is 12.4. The van der Waals surface area contributed by atoms with E-state index in [4.69, 9.17) is 15.0 Å². The molecule has 4 rings (SSSR count). The monoisotopic (exact) mass is 661 g/mol. The van der Waals surface area contributed by atoms with Crippen LogP contribution in [0, 0.1) is 46.3 Å². The van der Waals surface area contributed by atoms with E-state index < -0.39 is 28.2 Å². The fourth-order valence-electron chi connectivity index (χ4n) is 10.4.